The lowest BCUT2D eigenvalue weighted by atomic mass is 9.92. The first-order valence-electron chi connectivity index (χ1n) is 8.33. The van der Waals surface area contributed by atoms with Crippen molar-refractivity contribution in [2.45, 2.75) is 88.8 Å². The molecule has 1 aliphatic heterocycles. The highest BCUT2D eigenvalue weighted by Crippen LogP contribution is 2.24. The Balaban J connectivity index is 2.30. The predicted molar refractivity (Wildman–Crippen MR) is 81.4 cm³/mol. The molecule has 4 N–H and O–H groups in total. The summed E-state index contributed by atoms with van der Waals surface area (Å²) in [6.45, 7) is 1.69. The lowest BCUT2D eigenvalue weighted by molar-refractivity contribution is -0.229. The van der Waals surface area contributed by atoms with Gasteiger partial charge in [-0.1, -0.05) is 39.0 Å². The number of Topliss-reactive ketones (excluding diaryl/α,β-unsaturated/α-hetero) is 1. The maximum atomic E-state index is 11.9. The third-order valence-electron chi connectivity index (χ3n) is 4.23. The van der Waals surface area contributed by atoms with Crippen molar-refractivity contribution in [1.82, 2.24) is 0 Å². The molecule has 1 heterocycles. The monoisotopic (exact) mass is 318 g/mol. The van der Waals surface area contributed by atoms with E-state index < -0.39 is 37.1 Å². The fraction of sp³-hybridized carbons (Fsp3) is 0.938. The minimum absolute atomic E-state index is 0.00356. The van der Waals surface area contributed by atoms with Crippen molar-refractivity contribution >= 4 is 5.78 Å². The average Bonchev–Trinajstić information content (AvgIpc) is 2.51. The predicted octanol–water partition coefficient (Wildman–Crippen LogP) is 0.539. The Kier molecular flexibility index (Phi) is 9.12. The smallest absolute Gasteiger partial charge is 0.135 e. The molecular weight excluding hydrogens is 288 g/mol. The number of aliphatic hydroxyl groups excluding tert-OH is 4. The second kappa shape index (κ2) is 10.3. The van der Waals surface area contributed by atoms with E-state index in [1.165, 1.54) is 19.3 Å². The van der Waals surface area contributed by atoms with Crippen molar-refractivity contribution in [2.75, 3.05) is 6.61 Å². The molecule has 0 aromatic rings. The van der Waals surface area contributed by atoms with Gasteiger partial charge >= 0.3 is 0 Å². The van der Waals surface area contributed by atoms with Crippen LogP contribution in [-0.2, 0) is 9.53 Å². The molecule has 0 unspecified atom stereocenters. The fourth-order valence-corrected chi connectivity index (χ4v) is 2.78. The first-order chi connectivity index (χ1) is 10.5. The normalized spacial score (nSPS) is 32.1. The standard InChI is InChI=1S/C16H30O6/c1-2-3-4-5-6-7-8-11(18)9-12-14(19)16(21)15(20)13(10-17)22-12/h12-17,19-21H,2-10H2,1H3/t12-,13+,14-,15+,16+/m0/s1. The SMILES string of the molecule is CCCCCCCCC(=O)C[C@@H]1O[C@H](CO)[C@@H](O)[C@H](O)[C@H]1O. The van der Waals surface area contributed by atoms with Crippen LogP contribution in [0.2, 0.25) is 0 Å². The summed E-state index contributed by atoms with van der Waals surface area (Å²) in [7, 11) is 0. The molecule has 0 bridgehead atoms. The van der Waals surface area contributed by atoms with E-state index in [1.807, 2.05) is 0 Å². The van der Waals surface area contributed by atoms with Crippen molar-refractivity contribution in [3.8, 4) is 0 Å². The molecule has 0 spiro atoms. The van der Waals surface area contributed by atoms with Crippen molar-refractivity contribution in [3.63, 3.8) is 0 Å². The lowest BCUT2D eigenvalue weighted by Gasteiger charge is -2.39. The Hall–Kier alpha value is -0.530. The molecule has 0 aromatic heterocycles. The number of aliphatic hydroxyl groups is 4. The maximum absolute atomic E-state index is 11.9. The van der Waals surface area contributed by atoms with Crippen LogP contribution in [0.3, 0.4) is 0 Å². The summed E-state index contributed by atoms with van der Waals surface area (Å²) in [5.74, 6) is -0.0279. The number of hydrogen-bond acceptors (Lipinski definition) is 6. The lowest BCUT2D eigenvalue weighted by Crippen LogP contribution is -2.58. The fourth-order valence-electron chi connectivity index (χ4n) is 2.78. The molecule has 0 aromatic carbocycles. The molecule has 0 aliphatic carbocycles. The van der Waals surface area contributed by atoms with E-state index in [0.717, 1.165) is 19.3 Å². The first kappa shape index (κ1) is 19.5. The summed E-state index contributed by atoms with van der Waals surface area (Å²) in [5, 5.41) is 38.3. The molecular formula is C16H30O6. The summed E-state index contributed by atoms with van der Waals surface area (Å²) in [6.07, 6.45) is 1.09. The highest BCUT2D eigenvalue weighted by molar-refractivity contribution is 5.78. The molecule has 0 saturated carbocycles. The van der Waals surface area contributed by atoms with Gasteiger partial charge in [-0.25, -0.2) is 0 Å². The van der Waals surface area contributed by atoms with Crippen molar-refractivity contribution in [2.24, 2.45) is 0 Å². The van der Waals surface area contributed by atoms with Gasteiger partial charge in [0.15, 0.2) is 0 Å². The van der Waals surface area contributed by atoms with Crippen molar-refractivity contribution in [1.29, 1.82) is 0 Å². The van der Waals surface area contributed by atoms with E-state index in [-0.39, 0.29) is 12.2 Å². The molecule has 130 valence electrons. The van der Waals surface area contributed by atoms with Crippen LogP contribution in [0.4, 0.5) is 0 Å². The van der Waals surface area contributed by atoms with Crippen LogP contribution in [0.25, 0.3) is 0 Å². The number of carbonyl (C=O) groups is 1. The minimum atomic E-state index is -1.40. The molecule has 6 nitrogen and oxygen atoms in total. The highest BCUT2D eigenvalue weighted by Gasteiger charge is 2.43. The molecule has 0 radical (unpaired) electrons. The quantitative estimate of drug-likeness (QED) is 0.438. The third-order valence-corrected chi connectivity index (χ3v) is 4.23. The van der Waals surface area contributed by atoms with Crippen molar-refractivity contribution in [3.05, 3.63) is 0 Å². The van der Waals surface area contributed by atoms with E-state index >= 15 is 0 Å². The Morgan fingerprint density at radius 1 is 0.909 bits per heavy atom. The zero-order valence-electron chi connectivity index (χ0n) is 13.4. The number of ether oxygens (including phenoxy) is 1. The van der Waals surface area contributed by atoms with E-state index in [2.05, 4.69) is 6.92 Å². The molecule has 1 rings (SSSR count). The van der Waals surface area contributed by atoms with Gasteiger partial charge < -0.3 is 25.2 Å². The van der Waals surface area contributed by atoms with E-state index in [1.54, 1.807) is 0 Å². The van der Waals surface area contributed by atoms with Gasteiger partial charge in [0.1, 0.15) is 30.2 Å². The van der Waals surface area contributed by atoms with Crippen LogP contribution in [0.5, 0.6) is 0 Å². The van der Waals surface area contributed by atoms with Gasteiger partial charge in [-0.2, -0.15) is 0 Å². The molecule has 22 heavy (non-hydrogen) atoms. The van der Waals surface area contributed by atoms with Gasteiger partial charge in [0.2, 0.25) is 0 Å². The van der Waals surface area contributed by atoms with Crippen LogP contribution >= 0.6 is 0 Å². The molecule has 5 atom stereocenters. The van der Waals surface area contributed by atoms with Gasteiger partial charge in [0.05, 0.1) is 12.7 Å². The van der Waals surface area contributed by atoms with Gasteiger partial charge in [0.25, 0.3) is 0 Å². The molecule has 1 saturated heterocycles. The molecule has 1 fully saturated rings. The van der Waals surface area contributed by atoms with Gasteiger partial charge in [-0.05, 0) is 6.42 Å². The average molecular weight is 318 g/mol. The number of hydrogen-bond donors (Lipinski definition) is 4. The van der Waals surface area contributed by atoms with Crippen LogP contribution in [0, 0.1) is 0 Å². The zero-order chi connectivity index (χ0) is 16.5. The van der Waals surface area contributed by atoms with Crippen LogP contribution in [0.15, 0.2) is 0 Å². The summed E-state index contributed by atoms with van der Waals surface area (Å²) in [4.78, 5) is 11.9. The van der Waals surface area contributed by atoms with Crippen LogP contribution < -0.4 is 0 Å². The number of ketones is 1. The minimum Gasteiger partial charge on any atom is -0.394 e. The van der Waals surface area contributed by atoms with Crippen molar-refractivity contribution < 1.29 is 30.0 Å². The van der Waals surface area contributed by atoms with Crippen LogP contribution in [0.1, 0.15) is 58.3 Å². The Bertz CT molecular complexity index is 320. The highest BCUT2D eigenvalue weighted by atomic mass is 16.5. The molecule has 6 heteroatoms. The first-order valence-corrected chi connectivity index (χ1v) is 8.33. The third kappa shape index (κ3) is 5.93. The topological polar surface area (TPSA) is 107 Å². The summed E-state index contributed by atoms with van der Waals surface area (Å²) in [5.41, 5.74) is 0. The number of rotatable bonds is 10. The number of unbranched alkanes of at least 4 members (excludes halogenated alkanes) is 5. The van der Waals surface area contributed by atoms with Gasteiger partial charge in [-0.3, -0.25) is 4.79 Å². The van der Waals surface area contributed by atoms with Crippen LogP contribution in [-0.4, -0.2) is 63.3 Å². The molecule has 1 aliphatic rings. The zero-order valence-corrected chi connectivity index (χ0v) is 13.4. The maximum Gasteiger partial charge on any atom is 0.135 e. The summed E-state index contributed by atoms with van der Waals surface area (Å²) in [6, 6.07) is 0. The largest absolute Gasteiger partial charge is 0.394 e. The van der Waals surface area contributed by atoms with E-state index in [0.29, 0.717) is 6.42 Å². The van der Waals surface area contributed by atoms with E-state index in [4.69, 9.17) is 9.84 Å². The molecule has 0 amide bonds. The van der Waals surface area contributed by atoms with E-state index in [9.17, 15) is 20.1 Å². The second-order valence-corrected chi connectivity index (χ2v) is 6.13. The summed E-state index contributed by atoms with van der Waals surface area (Å²) < 4.78 is 5.33. The number of carbonyl (C=O) groups excluding carboxylic acids is 1. The van der Waals surface area contributed by atoms with Gasteiger partial charge in [0, 0.05) is 12.8 Å². The Morgan fingerprint density at radius 2 is 1.50 bits per heavy atom. The Labute approximate surface area is 132 Å². The Morgan fingerprint density at radius 3 is 2.14 bits per heavy atom. The van der Waals surface area contributed by atoms with Gasteiger partial charge in [-0.15, -0.1) is 0 Å². The second-order valence-electron chi connectivity index (χ2n) is 6.13. The summed E-state index contributed by atoms with van der Waals surface area (Å²) >= 11 is 0.